The molecule has 32 heavy (non-hydrogen) atoms. The zero-order chi connectivity index (χ0) is 22.8. The van der Waals surface area contributed by atoms with Gasteiger partial charge < -0.3 is 21.5 Å². The van der Waals surface area contributed by atoms with Gasteiger partial charge in [0.1, 0.15) is 6.04 Å². The molecule has 1 saturated heterocycles. The number of amides is 2. The standard InChI is InChI=1S/C25H28N4O3/c26-17-23(24(27)30)28-25(31)22-11-9-20(10-12-22)4-2-1-3-19-5-7-21(8-6-19)18-29-13-15-32-16-14-29/h1,3,5-12,23H,13-18,26H2,(H2,27,30)(H,28,31)/b3-1+/t23-/m0/s1. The van der Waals surface area contributed by atoms with Gasteiger partial charge >= 0.3 is 0 Å². The van der Waals surface area contributed by atoms with Gasteiger partial charge in [-0.3, -0.25) is 14.5 Å². The number of rotatable bonds is 7. The molecular formula is C25H28N4O3. The smallest absolute Gasteiger partial charge is 0.251 e. The van der Waals surface area contributed by atoms with Crippen LogP contribution in [0.15, 0.2) is 54.6 Å². The molecule has 1 heterocycles. The lowest BCUT2D eigenvalue weighted by molar-refractivity contribution is -0.119. The molecule has 166 valence electrons. The van der Waals surface area contributed by atoms with Crippen LogP contribution in [0.3, 0.4) is 0 Å². The predicted octanol–water partition coefficient (Wildman–Crippen LogP) is 1.13. The quantitative estimate of drug-likeness (QED) is 0.568. The van der Waals surface area contributed by atoms with Crippen molar-refractivity contribution < 1.29 is 14.3 Å². The first kappa shape index (κ1) is 23.2. The summed E-state index contributed by atoms with van der Waals surface area (Å²) in [4.78, 5) is 25.7. The topological polar surface area (TPSA) is 111 Å². The highest BCUT2D eigenvalue weighted by atomic mass is 16.5. The molecule has 7 heteroatoms. The molecule has 3 rings (SSSR count). The highest BCUT2D eigenvalue weighted by Crippen LogP contribution is 2.10. The Morgan fingerprint density at radius 3 is 2.41 bits per heavy atom. The number of ether oxygens (including phenoxy) is 1. The molecule has 1 atom stereocenters. The molecule has 2 aromatic carbocycles. The number of nitrogens with two attached hydrogens (primary N) is 2. The molecule has 0 unspecified atom stereocenters. The molecule has 0 spiro atoms. The maximum absolute atomic E-state index is 12.2. The molecule has 7 nitrogen and oxygen atoms in total. The summed E-state index contributed by atoms with van der Waals surface area (Å²) in [5.74, 6) is 4.97. The summed E-state index contributed by atoms with van der Waals surface area (Å²) in [5, 5.41) is 2.51. The molecule has 2 aromatic rings. The monoisotopic (exact) mass is 432 g/mol. The first-order valence-electron chi connectivity index (χ1n) is 10.5. The number of allylic oxidation sites excluding steroid dienone is 1. The molecule has 0 radical (unpaired) electrons. The maximum Gasteiger partial charge on any atom is 0.251 e. The van der Waals surface area contributed by atoms with Gasteiger partial charge in [-0.15, -0.1) is 0 Å². The van der Waals surface area contributed by atoms with E-state index in [4.69, 9.17) is 16.2 Å². The van der Waals surface area contributed by atoms with Gasteiger partial charge in [0.15, 0.2) is 0 Å². The molecule has 1 aliphatic heterocycles. The van der Waals surface area contributed by atoms with Crippen LogP contribution in [-0.2, 0) is 16.1 Å². The molecule has 1 aliphatic rings. The van der Waals surface area contributed by atoms with Gasteiger partial charge in [0.2, 0.25) is 5.91 Å². The average molecular weight is 433 g/mol. The minimum Gasteiger partial charge on any atom is -0.379 e. The number of benzene rings is 2. The van der Waals surface area contributed by atoms with E-state index in [0.29, 0.717) is 5.56 Å². The van der Waals surface area contributed by atoms with Crippen molar-refractivity contribution >= 4 is 17.9 Å². The molecular weight excluding hydrogens is 404 g/mol. The maximum atomic E-state index is 12.2. The minimum absolute atomic E-state index is 0.0480. The zero-order valence-corrected chi connectivity index (χ0v) is 17.9. The summed E-state index contributed by atoms with van der Waals surface area (Å²) >= 11 is 0. The fraction of sp³-hybridized carbons (Fsp3) is 0.280. The Kier molecular flexibility index (Phi) is 8.58. The first-order chi connectivity index (χ1) is 15.5. The van der Waals surface area contributed by atoms with E-state index in [1.807, 2.05) is 6.08 Å². The number of hydrogen-bond donors (Lipinski definition) is 3. The third-order valence-electron chi connectivity index (χ3n) is 5.10. The van der Waals surface area contributed by atoms with E-state index in [1.165, 1.54) is 5.56 Å². The zero-order valence-electron chi connectivity index (χ0n) is 17.9. The van der Waals surface area contributed by atoms with E-state index in [-0.39, 0.29) is 6.54 Å². The lowest BCUT2D eigenvalue weighted by Crippen LogP contribution is -2.48. The van der Waals surface area contributed by atoms with E-state index < -0.39 is 17.9 Å². The number of hydrogen-bond acceptors (Lipinski definition) is 5. The van der Waals surface area contributed by atoms with E-state index in [2.05, 4.69) is 46.3 Å². The van der Waals surface area contributed by atoms with E-state index in [9.17, 15) is 9.59 Å². The second-order valence-corrected chi connectivity index (χ2v) is 7.47. The molecule has 5 N–H and O–H groups in total. The number of carbonyl (C=O) groups excluding carboxylic acids is 2. The van der Waals surface area contributed by atoms with Gasteiger partial charge in [-0.2, -0.15) is 0 Å². The summed E-state index contributed by atoms with van der Waals surface area (Å²) < 4.78 is 5.38. The lowest BCUT2D eigenvalue weighted by atomic mass is 10.1. The van der Waals surface area contributed by atoms with Crippen LogP contribution in [0.5, 0.6) is 0 Å². The first-order valence-corrected chi connectivity index (χ1v) is 10.5. The summed E-state index contributed by atoms with van der Waals surface area (Å²) in [6, 6.07) is 14.3. The Morgan fingerprint density at radius 1 is 1.09 bits per heavy atom. The van der Waals surface area contributed by atoms with Gasteiger partial charge in [0, 0.05) is 37.3 Å². The molecule has 0 aliphatic carbocycles. The summed E-state index contributed by atoms with van der Waals surface area (Å²) in [6.45, 7) is 4.46. The van der Waals surface area contributed by atoms with Crippen LogP contribution in [0.4, 0.5) is 0 Å². The molecule has 1 fully saturated rings. The lowest BCUT2D eigenvalue weighted by Gasteiger charge is -2.26. The van der Waals surface area contributed by atoms with Crippen molar-refractivity contribution in [2.75, 3.05) is 32.8 Å². The van der Waals surface area contributed by atoms with E-state index in [0.717, 1.165) is 44.0 Å². The molecule has 0 saturated carbocycles. The Morgan fingerprint density at radius 2 is 1.78 bits per heavy atom. The van der Waals surface area contributed by atoms with Crippen molar-refractivity contribution in [2.45, 2.75) is 12.6 Å². The summed E-state index contributed by atoms with van der Waals surface area (Å²) in [6.07, 6.45) is 3.76. The number of nitrogens with zero attached hydrogens (tertiary/aromatic N) is 1. The Balaban J connectivity index is 1.52. The molecule has 2 amide bonds. The number of nitrogens with one attached hydrogen (secondary N) is 1. The van der Waals surface area contributed by atoms with Gasteiger partial charge in [-0.05, 0) is 47.5 Å². The second kappa shape index (κ2) is 11.8. The van der Waals surface area contributed by atoms with Gasteiger partial charge in [-0.25, -0.2) is 0 Å². The van der Waals surface area contributed by atoms with Crippen molar-refractivity contribution in [1.29, 1.82) is 0 Å². The largest absolute Gasteiger partial charge is 0.379 e. The van der Waals surface area contributed by atoms with Gasteiger partial charge in [0.25, 0.3) is 5.91 Å². The SMILES string of the molecule is NC[C@H](NC(=O)c1ccc(C#C/C=C/c2ccc(CN3CCOCC3)cc2)cc1)C(N)=O. The van der Waals surface area contributed by atoms with Gasteiger partial charge in [-0.1, -0.05) is 36.1 Å². The average Bonchev–Trinajstić information content (AvgIpc) is 2.82. The Hall–Kier alpha value is -3.44. The van der Waals surface area contributed by atoms with Crippen LogP contribution in [-0.4, -0.2) is 55.6 Å². The number of primary amides is 1. The number of morpholine rings is 1. The third kappa shape index (κ3) is 7.06. The molecule has 0 aromatic heterocycles. The Labute approximate surface area is 188 Å². The van der Waals surface area contributed by atoms with Crippen LogP contribution < -0.4 is 16.8 Å². The second-order valence-electron chi connectivity index (χ2n) is 7.47. The van der Waals surface area contributed by atoms with Crippen LogP contribution in [0.2, 0.25) is 0 Å². The summed E-state index contributed by atoms with van der Waals surface area (Å²) in [5.41, 5.74) is 14.2. The summed E-state index contributed by atoms with van der Waals surface area (Å²) in [7, 11) is 0. The highest BCUT2D eigenvalue weighted by Gasteiger charge is 2.16. The fourth-order valence-electron chi connectivity index (χ4n) is 3.21. The Bertz CT molecular complexity index is 998. The van der Waals surface area contributed by atoms with Crippen LogP contribution in [0, 0.1) is 11.8 Å². The third-order valence-corrected chi connectivity index (χ3v) is 5.10. The fourth-order valence-corrected chi connectivity index (χ4v) is 3.21. The minimum atomic E-state index is -0.888. The van der Waals surface area contributed by atoms with Gasteiger partial charge in [0.05, 0.1) is 13.2 Å². The number of carbonyl (C=O) groups is 2. The van der Waals surface area contributed by atoms with Crippen molar-refractivity contribution in [2.24, 2.45) is 11.5 Å². The van der Waals surface area contributed by atoms with Crippen LogP contribution in [0.1, 0.15) is 27.0 Å². The highest BCUT2D eigenvalue weighted by molar-refractivity contribution is 5.97. The predicted molar refractivity (Wildman–Crippen MR) is 124 cm³/mol. The van der Waals surface area contributed by atoms with E-state index >= 15 is 0 Å². The van der Waals surface area contributed by atoms with Crippen LogP contribution >= 0.6 is 0 Å². The van der Waals surface area contributed by atoms with Crippen molar-refractivity contribution in [3.63, 3.8) is 0 Å². The van der Waals surface area contributed by atoms with E-state index in [1.54, 1.807) is 30.3 Å². The normalized spacial score (nSPS) is 15.0. The van der Waals surface area contributed by atoms with Crippen molar-refractivity contribution in [3.8, 4) is 11.8 Å². The van der Waals surface area contributed by atoms with Crippen molar-refractivity contribution in [3.05, 3.63) is 76.9 Å². The van der Waals surface area contributed by atoms with Crippen LogP contribution in [0.25, 0.3) is 6.08 Å². The molecule has 0 bridgehead atoms. The van der Waals surface area contributed by atoms with Crippen molar-refractivity contribution in [1.82, 2.24) is 10.2 Å².